The Kier molecular flexibility index (Phi) is 9.54. The second-order valence-corrected chi connectivity index (χ2v) is 8.90. The zero-order valence-electron chi connectivity index (χ0n) is 17.6. The molecule has 1 N–H and O–H groups in total. The zero-order valence-corrected chi connectivity index (χ0v) is 21.2. The number of anilines is 1. The molecule has 0 saturated carbocycles. The Labute approximate surface area is 206 Å². The highest BCUT2D eigenvalue weighted by atomic mass is 79.9. The summed E-state index contributed by atoms with van der Waals surface area (Å²) in [5, 5.41) is 14.7. The monoisotopic (exact) mass is 554 g/mol. The first kappa shape index (κ1) is 28.2. The molecular weight excluding hydrogens is 530 g/mol. The van der Waals surface area contributed by atoms with Gasteiger partial charge < -0.3 is 15.0 Å². The van der Waals surface area contributed by atoms with E-state index in [4.69, 9.17) is 4.74 Å². The summed E-state index contributed by atoms with van der Waals surface area (Å²) in [6.07, 6.45) is -0.869. The number of hydrogen-bond donors (Lipinski definition) is 1. The molecule has 0 radical (unpaired) electrons. The Morgan fingerprint density at radius 3 is 2.59 bits per heavy atom. The number of ether oxygens (including phenoxy) is 1. The number of aromatic nitrogens is 1. The quantitative estimate of drug-likeness (QED) is 0.422. The lowest BCUT2D eigenvalue weighted by Gasteiger charge is -2.36. The standard InChI is InChI=1S/C19H21BrF2N4O4.2H2S/c1-19(2,3)30-18(27)25-5-4-14(13(22)9-25)24-17-10-6-11(20)12(21)7-15(10)23-8-16(17)26(28)29;;/h6-8,13-14H,4-5,9H2,1-3H3,(H,23,24);2*1H2/t13-,14-;;/m0../s1. The van der Waals surface area contributed by atoms with Crippen LogP contribution in [0.4, 0.5) is 25.0 Å². The van der Waals surface area contributed by atoms with Crippen molar-refractivity contribution >= 4 is 71.3 Å². The fourth-order valence-electron chi connectivity index (χ4n) is 3.21. The molecule has 1 saturated heterocycles. The minimum Gasteiger partial charge on any atom is -0.444 e. The number of fused-ring (bicyclic) bond motifs is 1. The number of piperidine rings is 1. The lowest BCUT2D eigenvalue weighted by atomic mass is 10.0. The average molecular weight is 555 g/mol. The fraction of sp³-hybridized carbons (Fsp3) is 0.474. The van der Waals surface area contributed by atoms with Crippen LogP contribution in [0.15, 0.2) is 22.8 Å². The highest BCUT2D eigenvalue weighted by molar-refractivity contribution is 9.10. The number of hydrogen-bond acceptors (Lipinski definition) is 6. The number of rotatable bonds is 3. The van der Waals surface area contributed by atoms with E-state index in [0.29, 0.717) is 5.39 Å². The molecule has 0 aliphatic carbocycles. The van der Waals surface area contributed by atoms with Crippen molar-refractivity contribution in [1.29, 1.82) is 0 Å². The van der Waals surface area contributed by atoms with Crippen molar-refractivity contribution in [3.8, 4) is 0 Å². The predicted molar refractivity (Wildman–Crippen MR) is 132 cm³/mol. The summed E-state index contributed by atoms with van der Waals surface area (Å²) >= 11 is 3.06. The molecule has 178 valence electrons. The summed E-state index contributed by atoms with van der Waals surface area (Å²) in [6.45, 7) is 5.19. The van der Waals surface area contributed by atoms with Crippen molar-refractivity contribution in [2.24, 2.45) is 0 Å². The maximum Gasteiger partial charge on any atom is 0.410 e. The van der Waals surface area contributed by atoms with Gasteiger partial charge in [-0.05, 0) is 49.2 Å². The molecule has 0 bridgehead atoms. The Hall–Kier alpha value is -1.86. The van der Waals surface area contributed by atoms with Gasteiger partial charge >= 0.3 is 11.8 Å². The highest BCUT2D eigenvalue weighted by Gasteiger charge is 2.35. The normalized spacial score (nSPS) is 18.4. The van der Waals surface area contributed by atoms with Gasteiger partial charge in [0.05, 0.1) is 27.5 Å². The first-order chi connectivity index (χ1) is 14.0. The van der Waals surface area contributed by atoms with Crippen LogP contribution in [-0.2, 0) is 4.74 Å². The summed E-state index contributed by atoms with van der Waals surface area (Å²) in [7, 11) is 0. The van der Waals surface area contributed by atoms with Crippen LogP contribution < -0.4 is 5.32 Å². The van der Waals surface area contributed by atoms with Gasteiger partial charge in [-0.3, -0.25) is 10.1 Å². The Bertz CT molecular complexity index is 1010. The van der Waals surface area contributed by atoms with Crippen molar-refractivity contribution in [2.75, 3.05) is 18.4 Å². The number of nitrogens with zero attached hydrogens (tertiary/aromatic N) is 3. The molecule has 1 aromatic heterocycles. The third-order valence-electron chi connectivity index (χ3n) is 4.61. The van der Waals surface area contributed by atoms with Crippen LogP contribution in [0.1, 0.15) is 27.2 Å². The minimum atomic E-state index is -1.49. The summed E-state index contributed by atoms with van der Waals surface area (Å²) in [5.41, 5.74) is -0.783. The molecule has 8 nitrogen and oxygen atoms in total. The number of nitrogens with one attached hydrogen (secondary N) is 1. The molecular formula is C19H25BrF2N4O4S2. The molecule has 0 unspecified atom stereocenters. The SMILES string of the molecule is CC(C)(C)OC(=O)N1CC[C@H](Nc2c([N+](=O)[O-])cnc3cc(F)c(Br)cc23)[C@@H](F)C1.S.S. The van der Waals surface area contributed by atoms with E-state index < -0.39 is 34.6 Å². The molecule has 0 spiro atoms. The van der Waals surface area contributed by atoms with Gasteiger partial charge in [-0.25, -0.2) is 18.6 Å². The third-order valence-corrected chi connectivity index (χ3v) is 5.22. The number of nitro groups is 1. The first-order valence-electron chi connectivity index (χ1n) is 9.27. The number of pyridine rings is 1. The zero-order chi connectivity index (χ0) is 22.2. The van der Waals surface area contributed by atoms with Gasteiger partial charge in [0, 0.05) is 18.0 Å². The summed E-state index contributed by atoms with van der Waals surface area (Å²) in [6, 6.07) is 1.74. The lowest BCUT2D eigenvalue weighted by Crippen LogP contribution is -2.51. The smallest absolute Gasteiger partial charge is 0.410 e. The van der Waals surface area contributed by atoms with Gasteiger partial charge in [0.25, 0.3) is 0 Å². The Morgan fingerprint density at radius 1 is 1.38 bits per heavy atom. The van der Waals surface area contributed by atoms with Gasteiger partial charge in [0.15, 0.2) is 0 Å². The second-order valence-electron chi connectivity index (χ2n) is 8.04. The van der Waals surface area contributed by atoms with Crippen molar-refractivity contribution in [3.05, 3.63) is 38.7 Å². The van der Waals surface area contributed by atoms with E-state index in [1.807, 2.05) is 0 Å². The van der Waals surface area contributed by atoms with Crippen LogP contribution in [0, 0.1) is 15.9 Å². The van der Waals surface area contributed by atoms with Crippen LogP contribution in [-0.4, -0.2) is 51.8 Å². The van der Waals surface area contributed by atoms with Crippen LogP contribution in [0.3, 0.4) is 0 Å². The van der Waals surface area contributed by atoms with Crippen LogP contribution >= 0.6 is 42.9 Å². The Balaban J connectivity index is 0.00000256. The van der Waals surface area contributed by atoms with Crippen molar-refractivity contribution in [3.63, 3.8) is 0 Å². The van der Waals surface area contributed by atoms with Gasteiger partial charge in [-0.1, -0.05) is 0 Å². The number of carbonyl (C=O) groups excluding carboxylic acids is 1. The molecule has 13 heteroatoms. The lowest BCUT2D eigenvalue weighted by molar-refractivity contribution is -0.384. The molecule has 2 aromatic rings. The van der Waals surface area contributed by atoms with E-state index in [0.717, 1.165) is 12.3 Å². The van der Waals surface area contributed by atoms with Gasteiger partial charge in [0.1, 0.15) is 29.5 Å². The maximum absolute atomic E-state index is 14.9. The fourth-order valence-corrected chi connectivity index (χ4v) is 3.56. The number of alkyl halides is 1. The minimum absolute atomic E-state index is 0. The topological polar surface area (TPSA) is 97.6 Å². The summed E-state index contributed by atoms with van der Waals surface area (Å²) < 4.78 is 34.1. The first-order valence-corrected chi connectivity index (χ1v) is 10.1. The molecule has 32 heavy (non-hydrogen) atoms. The van der Waals surface area contributed by atoms with E-state index in [1.54, 1.807) is 20.8 Å². The molecule has 3 rings (SSSR count). The van der Waals surface area contributed by atoms with Crippen LogP contribution in [0.5, 0.6) is 0 Å². The van der Waals surface area contributed by atoms with Crippen molar-refractivity contribution in [2.45, 2.75) is 45.0 Å². The molecule has 2 atom stereocenters. The largest absolute Gasteiger partial charge is 0.444 e. The summed E-state index contributed by atoms with van der Waals surface area (Å²) in [4.78, 5) is 28.3. The van der Waals surface area contributed by atoms with Gasteiger partial charge in [-0.15, -0.1) is 0 Å². The van der Waals surface area contributed by atoms with E-state index in [2.05, 4.69) is 26.2 Å². The van der Waals surface area contributed by atoms with E-state index >= 15 is 0 Å². The Morgan fingerprint density at radius 2 is 2.03 bits per heavy atom. The second kappa shape index (κ2) is 10.8. The van der Waals surface area contributed by atoms with Crippen molar-refractivity contribution in [1.82, 2.24) is 9.88 Å². The van der Waals surface area contributed by atoms with E-state index in [-0.39, 0.29) is 67.9 Å². The van der Waals surface area contributed by atoms with Crippen LogP contribution in [0.25, 0.3) is 10.9 Å². The number of benzene rings is 1. The maximum atomic E-state index is 14.9. The highest BCUT2D eigenvalue weighted by Crippen LogP contribution is 2.36. The van der Waals surface area contributed by atoms with E-state index in [9.17, 15) is 23.7 Å². The molecule has 1 amide bonds. The number of amides is 1. The molecule has 1 aliphatic heterocycles. The predicted octanol–water partition coefficient (Wildman–Crippen LogP) is 5.03. The van der Waals surface area contributed by atoms with Crippen molar-refractivity contribution < 1.29 is 23.2 Å². The van der Waals surface area contributed by atoms with Gasteiger partial charge in [-0.2, -0.15) is 27.0 Å². The molecule has 1 fully saturated rings. The van der Waals surface area contributed by atoms with E-state index in [1.165, 1.54) is 11.0 Å². The van der Waals surface area contributed by atoms with Gasteiger partial charge in [0.2, 0.25) is 0 Å². The number of likely N-dealkylation sites (tertiary alicyclic amines) is 1. The third kappa shape index (κ3) is 6.35. The molecule has 1 aromatic carbocycles. The number of halogens is 3. The van der Waals surface area contributed by atoms with Crippen LogP contribution in [0.2, 0.25) is 0 Å². The average Bonchev–Trinajstić information content (AvgIpc) is 2.63. The number of carbonyl (C=O) groups is 1. The summed E-state index contributed by atoms with van der Waals surface area (Å²) in [5.74, 6) is -0.566. The molecule has 2 heterocycles. The molecule has 1 aliphatic rings.